The Balaban J connectivity index is 1.41. The minimum atomic E-state index is -0.434. The summed E-state index contributed by atoms with van der Waals surface area (Å²) in [5, 5.41) is 17.4. The predicted molar refractivity (Wildman–Crippen MR) is 92.0 cm³/mol. The second-order valence-corrected chi connectivity index (χ2v) is 7.05. The monoisotopic (exact) mass is 349 g/mol. The molecule has 0 unspecified atom stereocenters. The SMILES string of the molecule is Cc1ncsc1C(=O)NC1CCN(C[C@H](O)Cn2cccn2)CC1. The second-order valence-electron chi connectivity index (χ2n) is 6.20. The molecule has 3 rings (SSSR count). The molecule has 1 saturated heterocycles. The Morgan fingerprint density at radius 2 is 2.25 bits per heavy atom. The van der Waals surface area contributed by atoms with Crippen LogP contribution in [0.3, 0.4) is 0 Å². The zero-order valence-corrected chi connectivity index (χ0v) is 14.6. The molecule has 1 fully saturated rings. The quantitative estimate of drug-likeness (QED) is 0.810. The fraction of sp³-hybridized carbons (Fsp3) is 0.562. The molecule has 1 aliphatic heterocycles. The smallest absolute Gasteiger partial charge is 0.263 e. The zero-order chi connectivity index (χ0) is 16.9. The van der Waals surface area contributed by atoms with Gasteiger partial charge in [0.1, 0.15) is 4.88 Å². The van der Waals surface area contributed by atoms with Crippen LogP contribution in [0.25, 0.3) is 0 Å². The summed E-state index contributed by atoms with van der Waals surface area (Å²) < 4.78 is 1.75. The topological polar surface area (TPSA) is 83.3 Å². The lowest BCUT2D eigenvalue weighted by Gasteiger charge is -2.33. The number of thiazole rings is 1. The van der Waals surface area contributed by atoms with Crippen molar-refractivity contribution in [2.24, 2.45) is 0 Å². The third kappa shape index (κ3) is 4.40. The normalized spacial score (nSPS) is 17.8. The Morgan fingerprint density at radius 3 is 2.88 bits per heavy atom. The number of rotatable bonds is 6. The van der Waals surface area contributed by atoms with Crippen LogP contribution in [-0.4, -0.2) is 62.5 Å². The van der Waals surface area contributed by atoms with Gasteiger partial charge in [-0.3, -0.25) is 9.48 Å². The highest BCUT2D eigenvalue weighted by Gasteiger charge is 2.23. The highest BCUT2D eigenvalue weighted by Crippen LogP contribution is 2.15. The van der Waals surface area contributed by atoms with Gasteiger partial charge in [-0.2, -0.15) is 5.10 Å². The van der Waals surface area contributed by atoms with Gasteiger partial charge in [-0.1, -0.05) is 0 Å². The van der Waals surface area contributed by atoms with Gasteiger partial charge in [0, 0.05) is 38.1 Å². The highest BCUT2D eigenvalue weighted by molar-refractivity contribution is 7.11. The molecule has 3 heterocycles. The Kier molecular flexibility index (Phi) is 5.60. The number of aromatic nitrogens is 3. The number of aliphatic hydroxyl groups is 1. The van der Waals surface area contributed by atoms with E-state index in [2.05, 4.69) is 20.3 Å². The molecule has 1 amide bonds. The van der Waals surface area contributed by atoms with Gasteiger partial charge in [-0.05, 0) is 25.8 Å². The van der Waals surface area contributed by atoms with Gasteiger partial charge in [0.05, 0.1) is 23.9 Å². The summed E-state index contributed by atoms with van der Waals surface area (Å²) in [6.45, 7) is 4.75. The molecular weight excluding hydrogens is 326 g/mol. The molecule has 0 radical (unpaired) electrons. The average molecular weight is 349 g/mol. The number of amides is 1. The summed E-state index contributed by atoms with van der Waals surface area (Å²) in [6, 6.07) is 2.05. The van der Waals surface area contributed by atoms with E-state index in [9.17, 15) is 9.90 Å². The molecule has 7 nitrogen and oxygen atoms in total. The molecule has 2 aromatic heterocycles. The van der Waals surface area contributed by atoms with Gasteiger partial charge in [-0.15, -0.1) is 11.3 Å². The molecule has 0 bridgehead atoms. The van der Waals surface area contributed by atoms with E-state index in [1.54, 1.807) is 16.4 Å². The maximum atomic E-state index is 12.2. The number of hydrogen-bond acceptors (Lipinski definition) is 6. The van der Waals surface area contributed by atoms with Crippen LogP contribution in [0.4, 0.5) is 0 Å². The molecule has 2 N–H and O–H groups in total. The Morgan fingerprint density at radius 1 is 1.46 bits per heavy atom. The number of carbonyl (C=O) groups is 1. The van der Waals surface area contributed by atoms with Crippen LogP contribution < -0.4 is 5.32 Å². The van der Waals surface area contributed by atoms with E-state index in [1.165, 1.54) is 11.3 Å². The third-order valence-electron chi connectivity index (χ3n) is 4.30. The molecular formula is C16H23N5O2S. The summed E-state index contributed by atoms with van der Waals surface area (Å²) in [4.78, 5) is 19.3. The number of nitrogens with one attached hydrogen (secondary N) is 1. The maximum absolute atomic E-state index is 12.2. The van der Waals surface area contributed by atoms with E-state index in [1.807, 2.05) is 19.2 Å². The number of aryl methyl sites for hydroxylation is 1. The summed E-state index contributed by atoms with van der Waals surface area (Å²) in [5.41, 5.74) is 2.49. The van der Waals surface area contributed by atoms with Gasteiger partial charge in [0.2, 0.25) is 0 Å². The molecule has 1 aliphatic rings. The summed E-state index contributed by atoms with van der Waals surface area (Å²) >= 11 is 1.38. The van der Waals surface area contributed by atoms with Crippen LogP contribution >= 0.6 is 11.3 Å². The molecule has 0 saturated carbocycles. The van der Waals surface area contributed by atoms with E-state index in [0.717, 1.165) is 31.6 Å². The van der Waals surface area contributed by atoms with Crippen LogP contribution in [0.1, 0.15) is 28.2 Å². The number of likely N-dealkylation sites (tertiary alicyclic amines) is 1. The molecule has 0 spiro atoms. The molecule has 24 heavy (non-hydrogen) atoms. The zero-order valence-electron chi connectivity index (χ0n) is 13.8. The molecule has 8 heteroatoms. The lowest BCUT2D eigenvalue weighted by atomic mass is 10.0. The van der Waals surface area contributed by atoms with Crippen LogP contribution in [0.15, 0.2) is 24.0 Å². The Labute approximate surface area is 145 Å². The van der Waals surface area contributed by atoms with E-state index in [-0.39, 0.29) is 11.9 Å². The number of carbonyl (C=O) groups excluding carboxylic acids is 1. The first kappa shape index (κ1) is 17.1. The lowest BCUT2D eigenvalue weighted by molar-refractivity contribution is 0.0751. The van der Waals surface area contributed by atoms with Crippen LogP contribution in [0, 0.1) is 6.92 Å². The fourth-order valence-electron chi connectivity index (χ4n) is 3.01. The number of hydrogen-bond donors (Lipinski definition) is 2. The summed E-state index contributed by atoms with van der Waals surface area (Å²) in [6.07, 6.45) is 4.93. The predicted octanol–water partition coefficient (Wildman–Crippen LogP) is 0.903. The minimum absolute atomic E-state index is 0.0211. The molecule has 0 aromatic carbocycles. The first-order valence-electron chi connectivity index (χ1n) is 8.20. The largest absolute Gasteiger partial charge is 0.390 e. The van der Waals surface area contributed by atoms with Gasteiger partial charge in [0.25, 0.3) is 5.91 Å². The van der Waals surface area contributed by atoms with Crippen molar-refractivity contribution >= 4 is 17.2 Å². The van der Waals surface area contributed by atoms with Gasteiger partial charge in [0.15, 0.2) is 0 Å². The highest BCUT2D eigenvalue weighted by atomic mass is 32.1. The van der Waals surface area contributed by atoms with Gasteiger partial charge < -0.3 is 15.3 Å². The van der Waals surface area contributed by atoms with Crippen molar-refractivity contribution in [3.8, 4) is 0 Å². The first-order chi connectivity index (χ1) is 11.6. The van der Waals surface area contributed by atoms with Crippen LogP contribution in [0.2, 0.25) is 0 Å². The van der Waals surface area contributed by atoms with E-state index >= 15 is 0 Å². The average Bonchev–Trinajstić information content (AvgIpc) is 3.20. The summed E-state index contributed by atoms with van der Waals surface area (Å²) in [5.74, 6) is -0.0211. The minimum Gasteiger partial charge on any atom is -0.390 e. The van der Waals surface area contributed by atoms with Crippen LogP contribution in [-0.2, 0) is 6.54 Å². The number of aliphatic hydroxyl groups excluding tert-OH is 1. The number of piperidine rings is 1. The van der Waals surface area contributed by atoms with Crippen LogP contribution in [0.5, 0.6) is 0 Å². The maximum Gasteiger partial charge on any atom is 0.263 e. The molecule has 130 valence electrons. The second kappa shape index (κ2) is 7.87. The Bertz CT molecular complexity index is 649. The van der Waals surface area contributed by atoms with Gasteiger partial charge in [-0.25, -0.2) is 4.98 Å². The lowest BCUT2D eigenvalue weighted by Crippen LogP contribution is -2.46. The Hall–Kier alpha value is -1.77. The van der Waals surface area contributed by atoms with Crippen molar-refractivity contribution in [3.63, 3.8) is 0 Å². The van der Waals surface area contributed by atoms with Crippen molar-refractivity contribution in [3.05, 3.63) is 34.5 Å². The fourth-order valence-corrected chi connectivity index (χ4v) is 3.72. The molecule has 0 aliphatic carbocycles. The van der Waals surface area contributed by atoms with E-state index in [0.29, 0.717) is 18.0 Å². The van der Waals surface area contributed by atoms with Crippen molar-refractivity contribution in [2.75, 3.05) is 19.6 Å². The van der Waals surface area contributed by atoms with Gasteiger partial charge >= 0.3 is 0 Å². The van der Waals surface area contributed by atoms with Crippen molar-refractivity contribution in [2.45, 2.75) is 38.5 Å². The number of β-amino-alcohol motifs (C(OH)–C–C–N with tert-alkyl or cyclic N) is 1. The number of nitrogens with zero attached hydrogens (tertiary/aromatic N) is 4. The molecule has 2 aromatic rings. The standard InChI is InChI=1S/C16H23N5O2S/c1-12-15(24-11-17-12)16(23)19-13-3-7-20(8-4-13)9-14(22)10-21-6-2-5-18-21/h2,5-6,11,13-14,22H,3-4,7-10H2,1H3,(H,19,23)/t14-/m0/s1. The van der Waals surface area contributed by atoms with E-state index in [4.69, 9.17) is 0 Å². The molecule has 1 atom stereocenters. The van der Waals surface area contributed by atoms with Crippen molar-refractivity contribution in [1.29, 1.82) is 0 Å². The van der Waals surface area contributed by atoms with E-state index < -0.39 is 6.10 Å². The third-order valence-corrected chi connectivity index (χ3v) is 5.23. The first-order valence-corrected chi connectivity index (χ1v) is 9.08. The van der Waals surface area contributed by atoms with Crippen molar-refractivity contribution < 1.29 is 9.90 Å². The summed E-state index contributed by atoms with van der Waals surface area (Å²) in [7, 11) is 0. The van der Waals surface area contributed by atoms with Crippen molar-refractivity contribution in [1.82, 2.24) is 25.0 Å².